The molecule has 1 amide bonds. The van der Waals surface area contributed by atoms with E-state index in [1.165, 1.54) is 12.0 Å². The Morgan fingerprint density at radius 1 is 1.30 bits per heavy atom. The van der Waals surface area contributed by atoms with Gasteiger partial charge in [0.25, 0.3) is 0 Å². The van der Waals surface area contributed by atoms with Crippen LogP contribution in [0, 0.1) is 5.92 Å². The lowest BCUT2D eigenvalue weighted by atomic mass is 9.97. The Morgan fingerprint density at radius 2 is 2.09 bits per heavy atom. The van der Waals surface area contributed by atoms with Gasteiger partial charge in [-0.3, -0.25) is 4.79 Å². The predicted molar refractivity (Wildman–Crippen MR) is 94.1 cm³/mol. The molecule has 1 unspecified atom stereocenters. The largest absolute Gasteiger partial charge is 0.496 e. The zero-order chi connectivity index (χ0) is 15.5. The number of amides is 1. The summed E-state index contributed by atoms with van der Waals surface area (Å²) in [5, 5.41) is 0. The number of likely N-dealkylation sites (tertiary alicyclic amines) is 1. The van der Waals surface area contributed by atoms with Crippen molar-refractivity contribution in [2.75, 3.05) is 20.2 Å². The molecule has 3 rings (SSSR count). The number of nitrogens with zero attached hydrogens (tertiary/aromatic N) is 1. The molecule has 128 valence electrons. The third kappa shape index (κ3) is 3.99. The van der Waals surface area contributed by atoms with E-state index in [-0.39, 0.29) is 24.4 Å². The normalized spacial score (nSPS) is 26.9. The summed E-state index contributed by atoms with van der Waals surface area (Å²) in [6, 6.07) is 8.36. The highest BCUT2D eigenvalue weighted by atomic mass is 35.5. The topological polar surface area (TPSA) is 55.6 Å². The lowest BCUT2D eigenvalue weighted by Crippen LogP contribution is -2.33. The van der Waals surface area contributed by atoms with E-state index in [9.17, 15) is 4.79 Å². The summed E-state index contributed by atoms with van der Waals surface area (Å²) in [6.07, 6.45) is 4.99. The number of ether oxygens (including phenoxy) is 1. The number of para-hydroxylation sites is 1. The fourth-order valence-corrected chi connectivity index (χ4v) is 3.92. The molecule has 5 heteroatoms. The van der Waals surface area contributed by atoms with Crippen molar-refractivity contribution in [1.82, 2.24) is 4.90 Å². The van der Waals surface area contributed by atoms with Crippen LogP contribution in [-0.4, -0.2) is 37.0 Å². The van der Waals surface area contributed by atoms with Crippen molar-refractivity contribution >= 4 is 18.3 Å². The summed E-state index contributed by atoms with van der Waals surface area (Å²) in [7, 11) is 1.71. The highest BCUT2D eigenvalue weighted by Gasteiger charge is 2.32. The van der Waals surface area contributed by atoms with Crippen LogP contribution in [-0.2, 0) is 4.79 Å². The number of rotatable bonds is 4. The first-order chi connectivity index (χ1) is 10.7. The maximum Gasteiger partial charge on any atom is 0.222 e. The Morgan fingerprint density at radius 3 is 2.78 bits per heavy atom. The Hall–Kier alpha value is -1.26. The minimum atomic E-state index is 0. The van der Waals surface area contributed by atoms with E-state index < -0.39 is 0 Å². The van der Waals surface area contributed by atoms with Gasteiger partial charge in [0.1, 0.15) is 5.75 Å². The molecule has 1 saturated heterocycles. The minimum absolute atomic E-state index is 0. The zero-order valence-electron chi connectivity index (χ0n) is 13.7. The van der Waals surface area contributed by atoms with Gasteiger partial charge in [-0.1, -0.05) is 24.6 Å². The average Bonchev–Trinajstić information content (AvgIpc) is 3.17. The first-order valence-corrected chi connectivity index (χ1v) is 8.35. The van der Waals surface area contributed by atoms with Crippen LogP contribution in [0.3, 0.4) is 0 Å². The molecule has 1 aliphatic heterocycles. The van der Waals surface area contributed by atoms with Gasteiger partial charge in [0.05, 0.1) is 7.11 Å². The third-order valence-corrected chi connectivity index (χ3v) is 5.27. The van der Waals surface area contributed by atoms with E-state index in [4.69, 9.17) is 10.5 Å². The lowest BCUT2D eigenvalue weighted by Gasteiger charge is -2.21. The fourth-order valence-electron chi connectivity index (χ4n) is 3.92. The molecule has 1 aromatic carbocycles. The highest BCUT2D eigenvalue weighted by Crippen LogP contribution is 2.34. The van der Waals surface area contributed by atoms with E-state index in [0.29, 0.717) is 18.3 Å². The molecule has 0 spiro atoms. The number of hydrogen-bond donors (Lipinski definition) is 1. The van der Waals surface area contributed by atoms with Gasteiger partial charge in [-0.05, 0) is 36.8 Å². The second-order valence-electron chi connectivity index (χ2n) is 6.63. The number of benzene rings is 1. The first kappa shape index (κ1) is 18.1. The summed E-state index contributed by atoms with van der Waals surface area (Å²) < 4.78 is 5.46. The Labute approximate surface area is 144 Å². The molecule has 2 aliphatic rings. The maximum atomic E-state index is 12.5. The summed E-state index contributed by atoms with van der Waals surface area (Å²) in [5.41, 5.74) is 7.32. The van der Waals surface area contributed by atoms with Gasteiger partial charge in [0, 0.05) is 31.5 Å². The Kier molecular flexibility index (Phi) is 6.31. The molecule has 1 saturated carbocycles. The molecule has 0 aromatic heterocycles. The number of halogens is 1. The van der Waals surface area contributed by atoms with Crippen molar-refractivity contribution in [2.24, 2.45) is 11.7 Å². The monoisotopic (exact) mass is 338 g/mol. The third-order valence-electron chi connectivity index (χ3n) is 5.27. The van der Waals surface area contributed by atoms with Crippen molar-refractivity contribution in [3.63, 3.8) is 0 Å². The quantitative estimate of drug-likeness (QED) is 0.918. The van der Waals surface area contributed by atoms with Crippen LogP contribution in [0.15, 0.2) is 24.3 Å². The van der Waals surface area contributed by atoms with Gasteiger partial charge >= 0.3 is 0 Å². The lowest BCUT2D eigenvalue weighted by molar-refractivity contribution is -0.131. The van der Waals surface area contributed by atoms with Crippen LogP contribution in [0.25, 0.3) is 0 Å². The number of methoxy groups -OCH3 is 1. The predicted octanol–water partition coefficient (Wildman–Crippen LogP) is 2.95. The molecule has 1 aliphatic carbocycles. The molecule has 0 bridgehead atoms. The van der Waals surface area contributed by atoms with E-state index >= 15 is 0 Å². The average molecular weight is 339 g/mol. The van der Waals surface area contributed by atoms with Crippen LogP contribution in [0.4, 0.5) is 0 Å². The summed E-state index contributed by atoms with van der Waals surface area (Å²) in [5.74, 6) is 1.98. The van der Waals surface area contributed by atoms with Crippen molar-refractivity contribution in [3.8, 4) is 5.75 Å². The van der Waals surface area contributed by atoms with E-state index in [2.05, 4.69) is 6.07 Å². The minimum Gasteiger partial charge on any atom is -0.496 e. The SMILES string of the molecule is COc1ccccc1C1CCN(C(=O)C[C@@H]2CCC[C@H]2N)C1.Cl. The van der Waals surface area contributed by atoms with Crippen molar-refractivity contribution < 1.29 is 9.53 Å². The zero-order valence-corrected chi connectivity index (χ0v) is 14.6. The standard InChI is InChI=1S/C18H26N2O2.ClH/c1-22-17-8-3-2-6-15(17)14-9-10-20(12-14)18(21)11-13-5-4-7-16(13)19;/h2-3,6,8,13-14,16H,4-5,7,9-12,19H2,1H3;1H/t13-,14?,16+;/m0./s1. The first-order valence-electron chi connectivity index (χ1n) is 8.35. The van der Waals surface area contributed by atoms with Gasteiger partial charge in [-0.2, -0.15) is 0 Å². The van der Waals surface area contributed by atoms with Crippen LogP contribution in [0.5, 0.6) is 5.75 Å². The van der Waals surface area contributed by atoms with E-state index in [1.54, 1.807) is 7.11 Å². The highest BCUT2D eigenvalue weighted by molar-refractivity contribution is 5.85. The summed E-state index contributed by atoms with van der Waals surface area (Å²) in [4.78, 5) is 14.5. The van der Waals surface area contributed by atoms with Gasteiger partial charge in [-0.15, -0.1) is 12.4 Å². The molecule has 2 N–H and O–H groups in total. The van der Waals surface area contributed by atoms with Crippen LogP contribution in [0.2, 0.25) is 0 Å². The van der Waals surface area contributed by atoms with Crippen molar-refractivity contribution in [2.45, 2.75) is 44.1 Å². The van der Waals surface area contributed by atoms with Crippen LogP contribution in [0.1, 0.15) is 43.6 Å². The van der Waals surface area contributed by atoms with Gasteiger partial charge in [-0.25, -0.2) is 0 Å². The maximum absolute atomic E-state index is 12.5. The summed E-state index contributed by atoms with van der Waals surface area (Å²) >= 11 is 0. The second kappa shape index (κ2) is 8.02. The molecule has 1 aromatic rings. The molecular weight excluding hydrogens is 312 g/mol. The number of hydrogen-bond acceptors (Lipinski definition) is 3. The Bertz CT molecular complexity index is 538. The van der Waals surface area contributed by atoms with Crippen molar-refractivity contribution in [3.05, 3.63) is 29.8 Å². The van der Waals surface area contributed by atoms with Crippen LogP contribution < -0.4 is 10.5 Å². The van der Waals surface area contributed by atoms with Crippen LogP contribution >= 0.6 is 12.4 Å². The molecule has 4 nitrogen and oxygen atoms in total. The number of carbonyl (C=O) groups excluding carboxylic acids is 1. The van der Waals surface area contributed by atoms with Gasteiger partial charge in [0.15, 0.2) is 0 Å². The Balaban J connectivity index is 0.00000192. The molecular formula is C18H27ClN2O2. The van der Waals surface area contributed by atoms with Crippen molar-refractivity contribution in [1.29, 1.82) is 0 Å². The molecule has 2 fully saturated rings. The smallest absolute Gasteiger partial charge is 0.222 e. The fraction of sp³-hybridized carbons (Fsp3) is 0.611. The molecule has 3 atom stereocenters. The number of carbonyl (C=O) groups is 1. The molecule has 1 heterocycles. The van der Waals surface area contributed by atoms with Gasteiger partial charge in [0.2, 0.25) is 5.91 Å². The van der Waals surface area contributed by atoms with E-state index in [1.807, 2.05) is 23.1 Å². The van der Waals surface area contributed by atoms with E-state index in [0.717, 1.165) is 38.1 Å². The second-order valence-corrected chi connectivity index (χ2v) is 6.63. The molecule has 23 heavy (non-hydrogen) atoms. The van der Waals surface area contributed by atoms with Gasteiger partial charge < -0.3 is 15.4 Å². The molecule has 0 radical (unpaired) electrons. The number of nitrogens with two attached hydrogens (primary N) is 1. The summed E-state index contributed by atoms with van der Waals surface area (Å²) in [6.45, 7) is 1.66.